The summed E-state index contributed by atoms with van der Waals surface area (Å²) in [4.78, 5) is 12.5. The molecule has 1 atom stereocenters. The molecule has 1 aliphatic rings. The molecule has 0 saturated carbocycles. The van der Waals surface area contributed by atoms with E-state index in [4.69, 9.17) is 4.74 Å². The van der Waals surface area contributed by atoms with Crippen LogP contribution in [0.3, 0.4) is 0 Å². The monoisotopic (exact) mass is 143 g/mol. The topological polar surface area (TPSA) is 29.5 Å². The molecule has 0 radical (unpaired) electrons. The van der Waals surface area contributed by atoms with Gasteiger partial charge in [-0.2, -0.15) is 0 Å². The summed E-state index contributed by atoms with van der Waals surface area (Å²) in [6.07, 6.45) is 0.853. The highest BCUT2D eigenvalue weighted by Crippen LogP contribution is 2.09. The minimum Gasteiger partial charge on any atom is -0.449 e. The highest BCUT2D eigenvalue weighted by Gasteiger charge is 2.17. The lowest BCUT2D eigenvalue weighted by molar-refractivity contribution is 0.116. The smallest absolute Gasteiger partial charge is 0.409 e. The van der Waals surface area contributed by atoms with Crippen LogP contribution in [0.25, 0.3) is 0 Å². The van der Waals surface area contributed by atoms with Gasteiger partial charge in [0.1, 0.15) is 0 Å². The molecule has 1 saturated heterocycles. The van der Waals surface area contributed by atoms with Crippen LogP contribution in [0.15, 0.2) is 0 Å². The molecule has 0 bridgehead atoms. The summed E-state index contributed by atoms with van der Waals surface area (Å²) in [5, 5.41) is 0. The number of nitrogens with zero attached hydrogens (tertiary/aromatic N) is 1. The lowest BCUT2D eigenvalue weighted by Gasteiger charge is -2.10. The molecule has 0 aliphatic carbocycles. The van der Waals surface area contributed by atoms with Crippen LogP contribution in [0.1, 0.15) is 13.3 Å². The van der Waals surface area contributed by atoms with Crippen LogP contribution in [-0.4, -0.2) is 31.2 Å². The first-order valence-corrected chi connectivity index (χ1v) is 3.58. The van der Waals surface area contributed by atoms with Crippen molar-refractivity contribution in [3.05, 3.63) is 0 Å². The fourth-order valence-corrected chi connectivity index (χ4v) is 0.912. The average molecular weight is 143 g/mol. The van der Waals surface area contributed by atoms with Crippen LogP contribution in [0, 0.1) is 5.92 Å². The zero-order valence-electron chi connectivity index (χ0n) is 6.46. The zero-order valence-corrected chi connectivity index (χ0v) is 6.46. The summed E-state index contributed by atoms with van der Waals surface area (Å²) >= 11 is 0. The van der Waals surface area contributed by atoms with Crippen molar-refractivity contribution in [3.63, 3.8) is 0 Å². The third-order valence-electron chi connectivity index (χ3n) is 1.76. The number of rotatable bonds is 0. The van der Waals surface area contributed by atoms with Gasteiger partial charge in [-0.25, -0.2) is 4.79 Å². The molecule has 0 aromatic rings. The van der Waals surface area contributed by atoms with E-state index in [0.717, 1.165) is 13.0 Å². The molecule has 1 amide bonds. The van der Waals surface area contributed by atoms with E-state index in [-0.39, 0.29) is 6.09 Å². The molecule has 3 nitrogen and oxygen atoms in total. The number of amides is 1. The quantitative estimate of drug-likeness (QED) is 0.508. The van der Waals surface area contributed by atoms with Crippen LogP contribution in [0.4, 0.5) is 4.79 Å². The van der Waals surface area contributed by atoms with E-state index in [0.29, 0.717) is 12.5 Å². The van der Waals surface area contributed by atoms with E-state index >= 15 is 0 Å². The lowest BCUT2D eigenvalue weighted by Crippen LogP contribution is -2.25. The summed E-state index contributed by atoms with van der Waals surface area (Å²) in [6.45, 7) is 3.48. The Bertz CT molecular complexity index is 136. The molecule has 3 heteroatoms. The predicted octanol–water partition coefficient (Wildman–Crippen LogP) is 1.09. The first-order chi connectivity index (χ1) is 4.70. The van der Waals surface area contributed by atoms with Gasteiger partial charge in [-0.05, 0) is 12.3 Å². The number of ether oxygens (including phenoxy) is 1. The third kappa shape index (κ3) is 1.62. The molecule has 1 aliphatic heterocycles. The van der Waals surface area contributed by atoms with Gasteiger partial charge in [0, 0.05) is 13.6 Å². The van der Waals surface area contributed by atoms with Crippen molar-refractivity contribution in [2.24, 2.45) is 5.92 Å². The molecule has 0 aromatic heterocycles. The van der Waals surface area contributed by atoms with Crippen LogP contribution >= 0.6 is 0 Å². The Balaban J connectivity index is 2.46. The molecule has 1 fully saturated rings. The predicted molar refractivity (Wildman–Crippen MR) is 37.8 cm³/mol. The minimum atomic E-state index is -0.190. The summed E-state index contributed by atoms with van der Waals surface area (Å²) < 4.78 is 4.91. The standard InChI is InChI=1S/C7H13NO2/c1-6-3-4-8(2)7(9)10-5-6/h6H,3-5H2,1-2H3. The Morgan fingerprint density at radius 1 is 1.70 bits per heavy atom. The molecular weight excluding hydrogens is 130 g/mol. The summed E-state index contributed by atoms with van der Waals surface area (Å²) in [7, 11) is 1.76. The van der Waals surface area contributed by atoms with Crippen molar-refractivity contribution < 1.29 is 9.53 Å². The molecule has 1 rings (SSSR count). The first-order valence-electron chi connectivity index (χ1n) is 3.58. The summed E-state index contributed by atoms with van der Waals surface area (Å²) in [5.74, 6) is 0.508. The zero-order chi connectivity index (χ0) is 7.56. The van der Waals surface area contributed by atoms with Crippen molar-refractivity contribution in [2.75, 3.05) is 20.2 Å². The number of carbonyl (C=O) groups is 1. The second-order valence-corrected chi connectivity index (χ2v) is 2.89. The molecule has 1 heterocycles. The fourth-order valence-electron chi connectivity index (χ4n) is 0.912. The molecule has 0 aromatic carbocycles. The number of cyclic esters (lactones) is 1. The Morgan fingerprint density at radius 3 is 3.10 bits per heavy atom. The molecular formula is C7H13NO2. The third-order valence-corrected chi connectivity index (χ3v) is 1.76. The van der Waals surface area contributed by atoms with Gasteiger partial charge >= 0.3 is 6.09 Å². The normalized spacial score (nSPS) is 27.6. The minimum absolute atomic E-state index is 0.190. The van der Waals surface area contributed by atoms with Gasteiger partial charge in [-0.15, -0.1) is 0 Å². The number of carbonyl (C=O) groups excluding carboxylic acids is 1. The van der Waals surface area contributed by atoms with Gasteiger partial charge in [0.15, 0.2) is 0 Å². The van der Waals surface area contributed by atoms with Gasteiger partial charge in [0.05, 0.1) is 6.61 Å². The van der Waals surface area contributed by atoms with E-state index in [1.165, 1.54) is 0 Å². The maximum atomic E-state index is 10.9. The Labute approximate surface area is 61.0 Å². The highest BCUT2D eigenvalue weighted by atomic mass is 16.6. The van der Waals surface area contributed by atoms with E-state index in [9.17, 15) is 4.79 Å². The van der Waals surface area contributed by atoms with E-state index in [1.807, 2.05) is 0 Å². The fraction of sp³-hybridized carbons (Fsp3) is 0.857. The van der Waals surface area contributed by atoms with E-state index in [2.05, 4.69) is 6.92 Å². The van der Waals surface area contributed by atoms with Crippen molar-refractivity contribution in [1.29, 1.82) is 0 Å². The van der Waals surface area contributed by atoms with Crippen LogP contribution in [0.5, 0.6) is 0 Å². The maximum absolute atomic E-state index is 10.9. The van der Waals surface area contributed by atoms with Crippen LogP contribution in [0.2, 0.25) is 0 Å². The van der Waals surface area contributed by atoms with Crippen LogP contribution < -0.4 is 0 Å². The second kappa shape index (κ2) is 2.90. The van der Waals surface area contributed by atoms with E-state index in [1.54, 1.807) is 11.9 Å². The molecule has 1 unspecified atom stereocenters. The van der Waals surface area contributed by atoms with Crippen LogP contribution in [-0.2, 0) is 4.74 Å². The van der Waals surface area contributed by atoms with Gasteiger partial charge in [-0.3, -0.25) is 0 Å². The maximum Gasteiger partial charge on any atom is 0.409 e. The average Bonchev–Trinajstić information content (AvgIpc) is 2.04. The molecule has 58 valence electrons. The molecule has 10 heavy (non-hydrogen) atoms. The summed E-state index contributed by atoms with van der Waals surface area (Å²) in [5.41, 5.74) is 0. The second-order valence-electron chi connectivity index (χ2n) is 2.89. The van der Waals surface area contributed by atoms with Gasteiger partial charge in [0.2, 0.25) is 0 Å². The highest BCUT2D eigenvalue weighted by molar-refractivity contribution is 5.67. The van der Waals surface area contributed by atoms with Crippen molar-refractivity contribution in [3.8, 4) is 0 Å². The SMILES string of the molecule is CC1CCN(C)C(=O)OC1. The van der Waals surface area contributed by atoms with Crippen molar-refractivity contribution in [1.82, 2.24) is 4.90 Å². The largest absolute Gasteiger partial charge is 0.449 e. The number of hydrogen-bond acceptors (Lipinski definition) is 2. The van der Waals surface area contributed by atoms with E-state index < -0.39 is 0 Å². The van der Waals surface area contributed by atoms with Crippen molar-refractivity contribution >= 4 is 6.09 Å². The van der Waals surface area contributed by atoms with Gasteiger partial charge in [-0.1, -0.05) is 6.92 Å². The summed E-state index contributed by atoms with van der Waals surface area (Å²) in [6, 6.07) is 0. The first kappa shape index (κ1) is 7.38. The number of hydrogen-bond donors (Lipinski definition) is 0. The van der Waals surface area contributed by atoms with Gasteiger partial charge in [0.25, 0.3) is 0 Å². The molecule has 0 spiro atoms. The Hall–Kier alpha value is -0.730. The van der Waals surface area contributed by atoms with Crippen molar-refractivity contribution in [2.45, 2.75) is 13.3 Å². The lowest BCUT2D eigenvalue weighted by atomic mass is 10.1. The van der Waals surface area contributed by atoms with Gasteiger partial charge < -0.3 is 9.64 Å². The molecule has 0 N–H and O–H groups in total. The Morgan fingerprint density at radius 2 is 2.40 bits per heavy atom. The Kier molecular flexibility index (Phi) is 2.14.